The number of carbonyl (C=O) groups is 2. The van der Waals surface area contributed by atoms with Crippen molar-refractivity contribution in [2.24, 2.45) is 0 Å². The fourth-order valence-electron chi connectivity index (χ4n) is 2.36. The number of aliphatic carboxylic acids is 1. The second-order valence-corrected chi connectivity index (χ2v) is 6.25. The molecule has 0 aliphatic carbocycles. The first-order valence-corrected chi connectivity index (χ1v) is 7.69. The van der Waals surface area contributed by atoms with Gasteiger partial charge >= 0.3 is 5.97 Å². The molecule has 3 heterocycles. The van der Waals surface area contributed by atoms with Gasteiger partial charge in [0.05, 0.1) is 12.2 Å². The van der Waals surface area contributed by atoms with Gasteiger partial charge in [0.2, 0.25) is 5.67 Å². The molecular formula is C14H13FN4O3S. The zero-order valence-electron chi connectivity index (χ0n) is 12.2. The molecule has 0 spiro atoms. The molecule has 1 fully saturated rings. The number of hydrogen-bond acceptors (Lipinski definition) is 6. The fourth-order valence-corrected chi connectivity index (χ4v) is 3.35. The van der Waals surface area contributed by atoms with E-state index in [0.29, 0.717) is 21.4 Å². The van der Waals surface area contributed by atoms with Crippen LogP contribution in [-0.2, 0) is 4.79 Å². The van der Waals surface area contributed by atoms with Gasteiger partial charge in [-0.3, -0.25) is 4.79 Å². The van der Waals surface area contributed by atoms with Gasteiger partial charge in [-0.05, 0) is 13.0 Å². The number of carboxylic acid groups (broad SMARTS) is 1. The first kappa shape index (κ1) is 15.5. The third-order valence-electron chi connectivity index (χ3n) is 3.64. The molecule has 23 heavy (non-hydrogen) atoms. The normalized spacial score (nSPS) is 20.7. The quantitative estimate of drug-likeness (QED) is 0.913. The van der Waals surface area contributed by atoms with Crippen LogP contribution in [0.25, 0.3) is 10.8 Å². The lowest BCUT2D eigenvalue weighted by Crippen LogP contribution is -2.38. The molecule has 9 heteroatoms. The number of alkyl halides is 1. The number of amides is 1. The van der Waals surface area contributed by atoms with Crippen molar-refractivity contribution >= 4 is 23.2 Å². The highest BCUT2D eigenvalue weighted by molar-refractivity contribution is 7.17. The minimum absolute atomic E-state index is 0.0656. The van der Waals surface area contributed by atoms with Crippen molar-refractivity contribution in [3.63, 3.8) is 0 Å². The van der Waals surface area contributed by atoms with Gasteiger partial charge in [-0.15, -0.1) is 11.3 Å². The summed E-state index contributed by atoms with van der Waals surface area (Å²) in [6.45, 7) is 1.29. The molecule has 120 valence electrons. The van der Waals surface area contributed by atoms with E-state index in [2.05, 4.69) is 15.0 Å². The lowest BCUT2D eigenvalue weighted by Gasteiger charge is -2.17. The number of nitrogens with zero attached hydrogens (tertiary/aromatic N) is 4. The second-order valence-electron chi connectivity index (χ2n) is 5.25. The van der Waals surface area contributed by atoms with E-state index in [-0.39, 0.29) is 13.0 Å². The van der Waals surface area contributed by atoms with Gasteiger partial charge in [0.15, 0.2) is 10.8 Å². The number of carbonyl (C=O) groups excluding carboxylic acids is 1. The molecule has 7 nitrogen and oxygen atoms in total. The Hall–Kier alpha value is -2.42. The Morgan fingerprint density at radius 1 is 1.39 bits per heavy atom. The lowest BCUT2D eigenvalue weighted by atomic mass is 10.1. The Labute approximate surface area is 134 Å². The predicted octanol–water partition coefficient (Wildman–Crippen LogP) is 1.55. The number of hydrogen-bond donors (Lipinski definition) is 1. The third kappa shape index (κ3) is 2.79. The standard InChI is InChI=1S/C14H13FN4O3S/c1-8-9(23-11(18-8)10-16-4-2-5-17-10)12(20)19-6-3-14(15,7-19)13(21)22/h2,4-5H,3,6-7H2,1H3,(H,21,22). The summed E-state index contributed by atoms with van der Waals surface area (Å²) in [7, 11) is 0. The van der Waals surface area contributed by atoms with Gasteiger partial charge in [-0.25, -0.2) is 24.1 Å². The van der Waals surface area contributed by atoms with Crippen LogP contribution in [0.2, 0.25) is 0 Å². The van der Waals surface area contributed by atoms with Crippen LogP contribution in [0.1, 0.15) is 21.8 Å². The van der Waals surface area contributed by atoms with Gasteiger partial charge < -0.3 is 10.0 Å². The van der Waals surface area contributed by atoms with Crippen LogP contribution in [0, 0.1) is 6.92 Å². The Kier molecular flexibility index (Phi) is 3.80. The molecule has 2 aromatic heterocycles. The average molecular weight is 336 g/mol. The molecule has 0 aromatic carbocycles. The van der Waals surface area contributed by atoms with Crippen molar-refractivity contribution < 1.29 is 19.1 Å². The van der Waals surface area contributed by atoms with Crippen molar-refractivity contribution in [3.05, 3.63) is 29.0 Å². The van der Waals surface area contributed by atoms with Crippen molar-refractivity contribution in [3.8, 4) is 10.8 Å². The summed E-state index contributed by atoms with van der Waals surface area (Å²) in [5.74, 6) is -1.54. The van der Waals surface area contributed by atoms with E-state index in [1.54, 1.807) is 25.4 Å². The summed E-state index contributed by atoms with van der Waals surface area (Å²) in [5.41, 5.74) is -1.88. The zero-order chi connectivity index (χ0) is 16.6. The Balaban J connectivity index is 1.84. The zero-order valence-corrected chi connectivity index (χ0v) is 13.0. The summed E-state index contributed by atoms with van der Waals surface area (Å²) in [4.78, 5) is 37.5. The minimum atomic E-state index is -2.38. The van der Waals surface area contributed by atoms with E-state index in [4.69, 9.17) is 5.11 Å². The molecule has 0 saturated carbocycles. The van der Waals surface area contributed by atoms with Crippen LogP contribution >= 0.6 is 11.3 Å². The molecule has 0 radical (unpaired) electrons. The molecule has 1 aliphatic heterocycles. The molecule has 1 atom stereocenters. The molecule has 2 aromatic rings. The molecule has 1 N–H and O–H groups in total. The van der Waals surface area contributed by atoms with Crippen molar-refractivity contribution in [2.45, 2.75) is 19.0 Å². The highest BCUT2D eigenvalue weighted by atomic mass is 32.1. The van der Waals surface area contributed by atoms with Crippen molar-refractivity contribution in [1.82, 2.24) is 19.9 Å². The molecule has 1 aliphatic rings. The van der Waals surface area contributed by atoms with Gasteiger partial charge in [0, 0.05) is 25.4 Å². The van der Waals surface area contributed by atoms with E-state index in [0.717, 1.165) is 11.3 Å². The van der Waals surface area contributed by atoms with Gasteiger partial charge in [0.25, 0.3) is 5.91 Å². The lowest BCUT2D eigenvalue weighted by molar-refractivity contribution is -0.149. The second kappa shape index (κ2) is 5.65. The monoisotopic (exact) mass is 336 g/mol. The topological polar surface area (TPSA) is 96.3 Å². The largest absolute Gasteiger partial charge is 0.479 e. The average Bonchev–Trinajstić information content (AvgIpc) is 3.12. The van der Waals surface area contributed by atoms with Crippen LogP contribution in [0.3, 0.4) is 0 Å². The van der Waals surface area contributed by atoms with E-state index < -0.39 is 24.1 Å². The van der Waals surface area contributed by atoms with Gasteiger partial charge in [0.1, 0.15) is 4.88 Å². The van der Waals surface area contributed by atoms with E-state index in [1.807, 2.05) is 0 Å². The maximum absolute atomic E-state index is 14.1. The van der Waals surface area contributed by atoms with Crippen LogP contribution in [0.5, 0.6) is 0 Å². The minimum Gasteiger partial charge on any atom is -0.479 e. The summed E-state index contributed by atoms with van der Waals surface area (Å²) >= 11 is 1.12. The van der Waals surface area contributed by atoms with Crippen molar-refractivity contribution in [1.29, 1.82) is 0 Å². The van der Waals surface area contributed by atoms with E-state index in [1.165, 1.54) is 4.90 Å². The van der Waals surface area contributed by atoms with Crippen molar-refractivity contribution in [2.75, 3.05) is 13.1 Å². The van der Waals surface area contributed by atoms with Crippen LogP contribution < -0.4 is 0 Å². The Bertz CT molecular complexity index is 767. The number of rotatable bonds is 3. The van der Waals surface area contributed by atoms with Crippen LogP contribution in [0.15, 0.2) is 18.5 Å². The number of thiazole rings is 1. The Morgan fingerprint density at radius 2 is 2.09 bits per heavy atom. The summed E-state index contributed by atoms with van der Waals surface area (Å²) in [6, 6.07) is 1.67. The highest BCUT2D eigenvalue weighted by Gasteiger charge is 2.47. The van der Waals surface area contributed by atoms with Gasteiger partial charge in [-0.1, -0.05) is 0 Å². The maximum atomic E-state index is 14.1. The van der Waals surface area contributed by atoms with Gasteiger partial charge in [-0.2, -0.15) is 0 Å². The summed E-state index contributed by atoms with van der Waals surface area (Å²) in [6.07, 6.45) is 2.94. The smallest absolute Gasteiger partial charge is 0.343 e. The van der Waals surface area contributed by atoms with Crippen LogP contribution in [0.4, 0.5) is 4.39 Å². The molecular weight excluding hydrogens is 323 g/mol. The highest BCUT2D eigenvalue weighted by Crippen LogP contribution is 2.31. The maximum Gasteiger partial charge on any atom is 0.343 e. The number of halogens is 1. The third-order valence-corrected chi connectivity index (χ3v) is 4.78. The predicted molar refractivity (Wildman–Crippen MR) is 79.9 cm³/mol. The first-order valence-electron chi connectivity index (χ1n) is 6.87. The number of aryl methyl sites for hydroxylation is 1. The Morgan fingerprint density at radius 3 is 2.70 bits per heavy atom. The van der Waals surface area contributed by atoms with E-state index >= 15 is 0 Å². The summed E-state index contributed by atoms with van der Waals surface area (Å²) < 4.78 is 14.1. The van der Waals surface area contributed by atoms with E-state index in [9.17, 15) is 14.0 Å². The first-order chi connectivity index (χ1) is 10.9. The molecule has 0 bridgehead atoms. The number of carboxylic acids is 1. The molecule has 1 unspecified atom stereocenters. The molecule has 1 amide bonds. The number of aromatic nitrogens is 3. The molecule has 1 saturated heterocycles. The number of likely N-dealkylation sites (tertiary alicyclic amines) is 1. The SMILES string of the molecule is Cc1nc(-c2ncccn2)sc1C(=O)N1CCC(F)(C(=O)O)C1. The fraction of sp³-hybridized carbons (Fsp3) is 0.357. The van der Waals surface area contributed by atoms with Crippen LogP contribution in [-0.4, -0.2) is 55.6 Å². The molecule has 3 rings (SSSR count). The summed E-state index contributed by atoms with van der Waals surface area (Å²) in [5, 5.41) is 9.41.